The lowest BCUT2D eigenvalue weighted by molar-refractivity contribution is -0.143. The van der Waals surface area contributed by atoms with E-state index in [0.29, 0.717) is 25.6 Å². The summed E-state index contributed by atoms with van der Waals surface area (Å²) in [4.78, 5) is 26.7. The summed E-state index contributed by atoms with van der Waals surface area (Å²) in [6.45, 7) is 2.97. The number of hydrogen-bond acceptors (Lipinski definition) is 3. The average molecular weight is 240 g/mol. The predicted molar refractivity (Wildman–Crippen MR) is 62.6 cm³/mol. The molecule has 0 radical (unpaired) electrons. The van der Waals surface area contributed by atoms with Gasteiger partial charge in [-0.05, 0) is 32.7 Å². The summed E-state index contributed by atoms with van der Waals surface area (Å²) in [5.41, 5.74) is 0. The Labute approximate surface area is 101 Å². The maximum Gasteiger partial charge on any atom is 0.308 e. The molecule has 17 heavy (non-hydrogen) atoms. The van der Waals surface area contributed by atoms with Crippen LogP contribution in [0, 0.1) is 5.92 Å². The molecule has 0 bridgehead atoms. The highest BCUT2D eigenvalue weighted by Crippen LogP contribution is 2.27. The number of amides is 1. The molecular formula is C12H20N2O3. The largest absolute Gasteiger partial charge is 0.481 e. The van der Waals surface area contributed by atoms with Gasteiger partial charge in [0.25, 0.3) is 0 Å². The molecule has 1 amide bonds. The summed E-state index contributed by atoms with van der Waals surface area (Å²) in [6.07, 6.45) is 2.86. The lowest BCUT2D eigenvalue weighted by atomic mass is 10.0. The first kappa shape index (κ1) is 12.4. The van der Waals surface area contributed by atoms with Gasteiger partial charge in [-0.25, -0.2) is 0 Å². The minimum absolute atomic E-state index is 0.0379. The zero-order valence-electron chi connectivity index (χ0n) is 10.4. The zero-order valence-corrected chi connectivity index (χ0v) is 10.4. The highest BCUT2D eigenvalue weighted by atomic mass is 16.4. The van der Waals surface area contributed by atoms with Crippen LogP contribution in [0.5, 0.6) is 0 Å². The van der Waals surface area contributed by atoms with Crippen LogP contribution < -0.4 is 0 Å². The lowest BCUT2D eigenvalue weighted by Gasteiger charge is -2.25. The van der Waals surface area contributed by atoms with E-state index in [2.05, 4.69) is 0 Å². The van der Waals surface area contributed by atoms with Gasteiger partial charge in [-0.15, -0.1) is 0 Å². The third kappa shape index (κ3) is 2.60. The number of carboxylic acid groups (broad SMARTS) is 1. The van der Waals surface area contributed by atoms with Crippen LogP contribution in [0.15, 0.2) is 0 Å². The van der Waals surface area contributed by atoms with Crippen molar-refractivity contribution < 1.29 is 14.7 Å². The van der Waals surface area contributed by atoms with E-state index < -0.39 is 5.97 Å². The van der Waals surface area contributed by atoms with Gasteiger partial charge in [-0.3, -0.25) is 14.5 Å². The number of carboxylic acids is 1. The second kappa shape index (κ2) is 4.64. The van der Waals surface area contributed by atoms with E-state index in [9.17, 15) is 9.59 Å². The summed E-state index contributed by atoms with van der Waals surface area (Å²) in [6, 6.07) is 0.389. The van der Waals surface area contributed by atoms with Gasteiger partial charge in [0.2, 0.25) is 5.91 Å². The smallest absolute Gasteiger partial charge is 0.308 e. The van der Waals surface area contributed by atoms with E-state index in [0.717, 1.165) is 12.8 Å². The molecule has 2 unspecified atom stereocenters. The number of rotatable bonds is 4. The van der Waals surface area contributed by atoms with Crippen molar-refractivity contribution in [2.24, 2.45) is 5.92 Å². The molecule has 0 aromatic rings. The van der Waals surface area contributed by atoms with Crippen LogP contribution in [0.4, 0.5) is 0 Å². The van der Waals surface area contributed by atoms with E-state index in [-0.39, 0.29) is 17.9 Å². The van der Waals surface area contributed by atoms with Crippen molar-refractivity contribution in [3.63, 3.8) is 0 Å². The second-order valence-electron chi connectivity index (χ2n) is 5.18. The summed E-state index contributed by atoms with van der Waals surface area (Å²) in [7, 11) is 1.84. The van der Waals surface area contributed by atoms with Crippen molar-refractivity contribution in [2.45, 2.75) is 38.3 Å². The van der Waals surface area contributed by atoms with Crippen molar-refractivity contribution in [2.75, 3.05) is 20.1 Å². The van der Waals surface area contributed by atoms with Gasteiger partial charge in [-0.2, -0.15) is 0 Å². The standard InChI is InChI=1S/C12H20N2O3/c1-8-10(12(16)17)5-6-14(8)7-11(15)13(2)9-3-4-9/h8-10H,3-7H2,1-2H3,(H,16,17). The zero-order chi connectivity index (χ0) is 12.6. The first-order chi connectivity index (χ1) is 8.00. The fourth-order valence-electron chi connectivity index (χ4n) is 2.51. The van der Waals surface area contributed by atoms with Gasteiger partial charge in [0.05, 0.1) is 12.5 Å². The summed E-state index contributed by atoms with van der Waals surface area (Å²) >= 11 is 0. The van der Waals surface area contributed by atoms with Gasteiger partial charge in [0, 0.05) is 19.1 Å². The first-order valence-electron chi connectivity index (χ1n) is 6.23. The molecule has 1 aliphatic heterocycles. The van der Waals surface area contributed by atoms with E-state index in [1.54, 1.807) is 4.90 Å². The fraction of sp³-hybridized carbons (Fsp3) is 0.833. The van der Waals surface area contributed by atoms with E-state index in [4.69, 9.17) is 5.11 Å². The Balaban J connectivity index is 1.87. The fourth-order valence-corrected chi connectivity index (χ4v) is 2.51. The number of aliphatic carboxylic acids is 1. The molecular weight excluding hydrogens is 220 g/mol. The molecule has 0 aromatic heterocycles. The molecule has 1 saturated heterocycles. The molecule has 5 nitrogen and oxygen atoms in total. The van der Waals surface area contributed by atoms with E-state index in [1.165, 1.54) is 0 Å². The maximum absolute atomic E-state index is 11.9. The van der Waals surface area contributed by atoms with Crippen molar-refractivity contribution in [1.29, 1.82) is 0 Å². The number of carbonyl (C=O) groups excluding carboxylic acids is 1. The molecule has 5 heteroatoms. The van der Waals surface area contributed by atoms with Gasteiger partial charge in [0.15, 0.2) is 0 Å². The number of likely N-dealkylation sites (N-methyl/N-ethyl adjacent to an activating group) is 1. The van der Waals surface area contributed by atoms with Crippen LogP contribution >= 0.6 is 0 Å². The Morgan fingerprint density at radius 1 is 1.35 bits per heavy atom. The molecule has 96 valence electrons. The Bertz CT molecular complexity index is 328. The number of hydrogen-bond donors (Lipinski definition) is 1. The SMILES string of the molecule is CC1C(C(=O)O)CCN1CC(=O)N(C)C1CC1. The molecule has 0 spiro atoms. The molecule has 2 fully saturated rings. The Kier molecular flexibility index (Phi) is 3.38. The molecule has 1 saturated carbocycles. The third-order valence-electron chi connectivity index (χ3n) is 4.03. The minimum atomic E-state index is -0.747. The average Bonchev–Trinajstić information content (AvgIpc) is 3.04. The number of nitrogens with zero attached hydrogens (tertiary/aromatic N) is 2. The highest BCUT2D eigenvalue weighted by molar-refractivity contribution is 5.79. The Morgan fingerprint density at radius 3 is 2.47 bits per heavy atom. The van der Waals surface area contributed by atoms with Gasteiger partial charge in [-0.1, -0.05) is 0 Å². The quantitative estimate of drug-likeness (QED) is 0.773. The van der Waals surface area contributed by atoms with Crippen molar-refractivity contribution >= 4 is 11.9 Å². The number of likely N-dealkylation sites (tertiary alicyclic amines) is 1. The van der Waals surface area contributed by atoms with Crippen LogP contribution in [0.1, 0.15) is 26.2 Å². The highest BCUT2D eigenvalue weighted by Gasteiger charge is 2.37. The minimum Gasteiger partial charge on any atom is -0.481 e. The predicted octanol–water partition coefficient (Wildman–Crippen LogP) is 0.402. The topological polar surface area (TPSA) is 60.9 Å². The molecule has 2 atom stereocenters. The van der Waals surface area contributed by atoms with Gasteiger partial charge < -0.3 is 10.0 Å². The first-order valence-corrected chi connectivity index (χ1v) is 6.23. The Hall–Kier alpha value is -1.10. The van der Waals surface area contributed by atoms with Crippen molar-refractivity contribution in [3.05, 3.63) is 0 Å². The maximum atomic E-state index is 11.9. The third-order valence-corrected chi connectivity index (χ3v) is 4.03. The van der Waals surface area contributed by atoms with Crippen LogP contribution in [-0.2, 0) is 9.59 Å². The van der Waals surface area contributed by atoms with Crippen LogP contribution in [0.3, 0.4) is 0 Å². The molecule has 1 heterocycles. The number of carbonyl (C=O) groups is 2. The van der Waals surface area contributed by atoms with Crippen molar-refractivity contribution in [1.82, 2.24) is 9.80 Å². The van der Waals surface area contributed by atoms with Gasteiger partial charge in [0.1, 0.15) is 0 Å². The van der Waals surface area contributed by atoms with Crippen molar-refractivity contribution in [3.8, 4) is 0 Å². The van der Waals surface area contributed by atoms with E-state index >= 15 is 0 Å². The normalized spacial score (nSPS) is 29.3. The van der Waals surface area contributed by atoms with Crippen LogP contribution in [-0.4, -0.2) is 59.0 Å². The summed E-state index contributed by atoms with van der Waals surface area (Å²) < 4.78 is 0. The molecule has 1 N–H and O–H groups in total. The van der Waals surface area contributed by atoms with Crippen LogP contribution in [0.25, 0.3) is 0 Å². The molecule has 0 aromatic carbocycles. The summed E-state index contributed by atoms with van der Waals surface area (Å²) in [5.74, 6) is -0.956. The van der Waals surface area contributed by atoms with Gasteiger partial charge >= 0.3 is 5.97 Å². The van der Waals surface area contributed by atoms with Crippen LogP contribution in [0.2, 0.25) is 0 Å². The molecule has 2 aliphatic rings. The monoisotopic (exact) mass is 240 g/mol. The molecule has 1 aliphatic carbocycles. The lowest BCUT2D eigenvalue weighted by Crippen LogP contribution is -2.42. The summed E-state index contributed by atoms with van der Waals surface area (Å²) in [5, 5.41) is 9.02. The Morgan fingerprint density at radius 2 is 2.00 bits per heavy atom. The second-order valence-corrected chi connectivity index (χ2v) is 5.18. The molecule has 2 rings (SSSR count). The van der Waals surface area contributed by atoms with E-state index in [1.807, 2.05) is 18.9 Å².